The number of rotatable bonds is 4. The molecule has 2 heterocycles. The Hall–Kier alpha value is -3.19. The van der Waals surface area contributed by atoms with Crippen molar-refractivity contribution in [3.8, 4) is 0 Å². The summed E-state index contributed by atoms with van der Waals surface area (Å²) in [6, 6.07) is 15.3. The van der Waals surface area contributed by atoms with Crippen LogP contribution in [0, 0.1) is 5.82 Å². The van der Waals surface area contributed by atoms with Crippen LogP contribution in [0.2, 0.25) is 0 Å². The van der Waals surface area contributed by atoms with E-state index in [0.717, 1.165) is 23.4 Å². The van der Waals surface area contributed by atoms with Gasteiger partial charge in [-0.05, 0) is 60.9 Å². The van der Waals surface area contributed by atoms with Gasteiger partial charge in [0.05, 0.1) is 11.3 Å². The van der Waals surface area contributed by atoms with E-state index < -0.39 is 0 Å². The first-order valence-electron chi connectivity index (χ1n) is 9.73. The standard InChI is InChI=1S/C23H18FN3O2S/c24-16-4-1-3-14(11-16)13-26-21(28)15-6-9-19-20(12-15)30-22-18(5-2-10-25-22)23(29)27(19)17-7-8-17/h1-6,9-12,17H,7-8,13H2,(H,26,28). The number of hydrogen-bond donors (Lipinski definition) is 1. The van der Waals surface area contributed by atoms with Crippen molar-refractivity contribution in [1.29, 1.82) is 0 Å². The third-order valence-corrected chi connectivity index (χ3v) is 6.23. The van der Waals surface area contributed by atoms with Gasteiger partial charge in [0, 0.05) is 29.2 Å². The number of carbonyl (C=O) groups is 2. The number of pyridine rings is 1. The number of halogens is 1. The number of nitrogens with one attached hydrogen (secondary N) is 1. The second-order valence-electron chi connectivity index (χ2n) is 7.36. The Bertz CT molecular complexity index is 1160. The fraction of sp³-hybridized carbons (Fsp3) is 0.174. The Morgan fingerprint density at radius 1 is 1.17 bits per heavy atom. The molecule has 0 radical (unpaired) electrons. The molecule has 5 nitrogen and oxygen atoms in total. The van der Waals surface area contributed by atoms with Gasteiger partial charge in [-0.15, -0.1) is 0 Å². The number of nitrogens with zero attached hydrogens (tertiary/aromatic N) is 2. The van der Waals surface area contributed by atoms with E-state index in [0.29, 0.717) is 21.7 Å². The summed E-state index contributed by atoms with van der Waals surface area (Å²) in [7, 11) is 0. The highest BCUT2D eigenvalue weighted by molar-refractivity contribution is 7.99. The molecule has 5 rings (SSSR count). The minimum Gasteiger partial charge on any atom is -0.348 e. The first-order valence-corrected chi connectivity index (χ1v) is 10.5. The van der Waals surface area contributed by atoms with Crippen LogP contribution in [0.1, 0.15) is 39.1 Å². The summed E-state index contributed by atoms with van der Waals surface area (Å²) in [6.45, 7) is 0.234. The van der Waals surface area contributed by atoms with Crippen molar-refractivity contribution < 1.29 is 14.0 Å². The second-order valence-corrected chi connectivity index (χ2v) is 8.39. The van der Waals surface area contributed by atoms with Crippen molar-refractivity contribution >= 4 is 29.3 Å². The zero-order valence-corrected chi connectivity index (χ0v) is 16.8. The molecule has 0 unspecified atom stereocenters. The summed E-state index contributed by atoms with van der Waals surface area (Å²) in [5.41, 5.74) is 2.58. The molecule has 2 amide bonds. The molecule has 2 aliphatic rings. The summed E-state index contributed by atoms with van der Waals surface area (Å²) in [5, 5.41) is 3.47. The van der Waals surface area contributed by atoms with Crippen LogP contribution in [0.3, 0.4) is 0 Å². The third-order valence-electron chi connectivity index (χ3n) is 5.16. The Labute approximate surface area is 177 Å². The molecule has 1 N–H and O–H groups in total. The molecule has 2 aromatic carbocycles. The van der Waals surface area contributed by atoms with Gasteiger partial charge < -0.3 is 10.2 Å². The van der Waals surface area contributed by atoms with Gasteiger partial charge >= 0.3 is 0 Å². The molecular weight excluding hydrogens is 401 g/mol. The van der Waals surface area contributed by atoms with E-state index in [2.05, 4.69) is 10.3 Å². The predicted octanol–water partition coefficient (Wildman–Crippen LogP) is 4.42. The fourth-order valence-electron chi connectivity index (χ4n) is 3.54. The highest BCUT2D eigenvalue weighted by atomic mass is 32.2. The van der Waals surface area contributed by atoms with Crippen molar-refractivity contribution in [3.63, 3.8) is 0 Å². The molecule has 150 valence electrons. The van der Waals surface area contributed by atoms with Gasteiger partial charge in [-0.25, -0.2) is 9.37 Å². The average molecular weight is 419 g/mol. The van der Waals surface area contributed by atoms with Gasteiger partial charge in [0.25, 0.3) is 11.8 Å². The van der Waals surface area contributed by atoms with Crippen molar-refractivity contribution in [1.82, 2.24) is 10.3 Å². The molecule has 7 heteroatoms. The number of amides is 2. The topological polar surface area (TPSA) is 62.3 Å². The molecule has 1 aromatic heterocycles. The third kappa shape index (κ3) is 3.57. The predicted molar refractivity (Wildman–Crippen MR) is 112 cm³/mol. The summed E-state index contributed by atoms with van der Waals surface area (Å²) in [4.78, 5) is 32.9. The lowest BCUT2D eigenvalue weighted by Gasteiger charge is -2.22. The molecule has 0 saturated heterocycles. The Morgan fingerprint density at radius 3 is 2.83 bits per heavy atom. The number of carbonyl (C=O) groups excluding carboxylic acids is 2. The van der Waals surface area contributed by atoms with Crippen LogP contribution in [0.25, 0.3) is 0 Å². The lowest BCUT2D eigenvalue weighted by molar-refractivity contribution is 0.0949. The largest absolute Gasteiger partial charge is 0.348 e. The molecule has 1 aliphatic carbocycles. The molecule has 30 heavy (non-hydrogen) atoms. The van der Waals surface area contributed by atoms with Gasteiger partial charge in [-0.1, -0.05) is 23.9 Å². The normalized spacial score (nSPS) is 15.2. The van der Waals surface area contributed by atoms with E-state index in [1.165, 1.54) is 23.9 Å². The van der Waals surface area contributed by atoms with E-state index in [4.69, 9.17) is 0 Å². The van der Waals surface area contributed by atoms with Crippen LogP contribution in [0.4, 0.5) is 10.1 Å². The molecule has 0 spiro atoms. The van der Waals surface area contributed by atoms with E-state index >= 15 is 0 Å². The van der Waals surface area contributed by atoms with E-state index in [1.807, 2.05) is 11.0 Å². The maximum atomic E-state index is 13.3. The highest BCUT2D eigenvalue weighted by Crippen LogP contribution is 2.44. The van der Waals surface area contributed by atoms with Crippen molar-refractivity contribution in [2.24, 2.45) is 0 Å². The quantitative estimate of drug-likeness (QED) is 0.680. The van der Waals surface area contributed by atoms with Crippen LogP contribution in [0.15, 0.2) is 70.7 Å². The second kappa shape index (κ2) is 7.57. The fourth-order valence-corrected chi connectivity index (χ4v) is 4.58. The minimum absolute atomic E-state index is 0.0462. The zero-order chi connectivity index (χ0) is 20.7. The van der Waals surface area contributed by atoms with Gasteiger partial charge in [-0.3, -0.25) is 9.59 Å². The summed E-state index contributed by atoms with van der Waals surface area (Å²) >= 11 is 1.40. The molecule has 1 fully saturated rings. The SMILES string of the molecule is O=C(NCc1cccc(F)c1)c1ccc2c(c1)Sc1ncccc1C(=O)N2C1CC1. The zero-order valence-electron chi connectivity index (χ0n) is 16.0. The molecule has 0 atom stereocenters. The molecule has 3 aromatic rings. The summed E-state index contributed by atoms with van der Waals surface area (Å²) < 4.78 is 13.3. The molecule has 0 bridgehead atoms. The number of aromatic nitrogens is 1. The molecule has 1 saturated carbocycles. The number of hydrogen-bond acceptors (Lipinski definition) is 4. The van der Waals surface area contributed by atoms with Crippen LogP contribution in [-0.2, 0) is 6.54 Å². The maximum absolute atomic E-state index is 13.3. The monoisotopic (exact) mass is 419 g/mol. The van der Waals surface area contributed by atoms with Crippen LogP contribution in [0.5, 0.6) is 0 Å². The van der Waals surface area contributed by atoms with Gasteiger partial charge in [-0.2, -0.15) is 0 Å². The average Bonchev–Trinajstić information content (AvgIpc) is 3.59. The van der Waals surface area contributed by atoms with Gasteiger partial charge in [0.1, 0.15) is 10.8 Å². The number of anilines is 1. The summed E-state index contributed by atoms with van der Waals surface area (Å²) in [6.07, 6.45) is 3.61. The van der Waals surface area contributed by atoms with E-state index in [1.54, 1.807) is 42.6 Å². The minimum atomic E-state index is -0.334. The van der Waals surface area contributed by atoms with E-state index in [9.17, 15) is 14.0 Å². The Balaban J connectivity index is 1.44. The lowest BCUT2D eigenvalue weighted by atomic mass is 10.1. The Morgan fingerprint density at radius 2 is 2.03 bits per heavy atom. The van der Waals surface area contributed by atoms with Crippen molar-refractivity contribution in [2.45, 2.75) is 35.3 Å². The molecule has 1 aliphatic heterocycles. The van der Waals surface area contributed by atoms with Crippen LogP contribution in [-0.4, -0.2) is 22.8 Å². The van der Waals surface area contributed by atoms with Gasteiger partial charge in [0.2, 0.25) is 0 Å². The smallest absolute Gasteiger partial charge is 0.261 e. The maximum Gasteiger partial charge on any atom is 0.261 e. The van der Waals surface area contributed by atoms with Crippen LogP contribution >= 0.6 is 11.8 Å². The van der Waals surface area contributed by atoms with Crippen LogP contribution < -0.4 is 10.2 Å². The first-order chi connectivity index (χ1) is 14.6. The van der Waals surface area contributed by atoms with Crippen molar-refractivity contribution in [3.05, 3.63) is 83.3 Å². The molecular formula is C23H18FN3O2S. The van der Waals surface area contributed by atoms with Crippen molar-refractivity contribution in [2.75, 3.05) is 4.90 Å². The highest BCUT2D eigenvalue weighted by Gasteiger charge is 2.38. The summed E-state index contributed by atoms with van der Waals surface area (Å²) in [5.74, 6) is -0.633. The first kappa shape index (κ1) is 18.8. The van der Waals surface area contributed by atoms with Gasteiger partial charge in [0.15, 0.2) is 0 Å². The van der Waals surface area contributed by atoms with E-state index in [-0.39, 0.29) is 30.2 Å². The number of benzene rings is 2. The number of fused-ring (bicyclic) bond motifs is 2. The Kier molecular flexibility index (Phi) is 4.75. The lowest BCUT2D eigenvalue weighted by Crippen LogP contribution is -2.33.